The third-order valence-corrected chi connectivity index (χ3v) is 4.38. The van der Waals surface area contributed by atoms with Crippen molar-refractivity contribution in [2.75, 3.05) is 24.4 Å². The summed E-state index contributed by atoms with van der Waals surface area (Å²) in [7, 11) is 4.05. The second-order valence-corrected chi connectivity index (χ2v) is 6.62. The molecule has 3 rings (SSSR count). The van der Waals surface area contributed by atoms with E-state index in [2.05, 4.69) is 63.7 Å². The second-order valence-electron chi connectivity index (χ2n) is 5.76. The molecule has 0 amide bonds. The van der Waals surface area contributed by atoms with E-state index in [4.69, 9.17) is 0 Å². The molecule has 0 aliphatic carbocycles. The van der Waals surface area contributed by atoms with Crippen molar-refractivity contribution in [3.8, 4) is 11.3 Å². The number of rotatable bonds is 5. The van der Waals surface area contributed by atoms with Gasteiger partial charge >= 0.3 is 0 Å². The summed E-state index contributed by atoms with van der Waals surface area (Å²) >= 11 is 1.55. The Labute approximate surface area is 146 Å². The molecular weight excluding hydrogens is 316 g/mol. The van der Waals surface area contributed by atoms with Crippen molar-refractivity contribution in [3.05, 3.63) is 65.0 Å². The van der Waals surface area contributed by atoms with E-state index >= 15 is 0 Å². The summed E-state index contributed by atoms with van der Waals surface area (Å²) < 4.78 is 0. The summed E-state index contributed by atoms with van der Waals surface area (Å²) in [5, 5.41) is 7.09. The first-order chi connectivity index (χ1) is 11.6. The lowest BCUT2D eigenvalue weighted by molar-refractivity contribution is 1.13. The van der Waals surface area contributed by atoms with E-state index in [1.807, 2.05) is 31.6 Å². The molecule has 0 spiro atoms. The number of hydrazone groups is 1. The molecular formula is C19H20N4S. The van der Waals surface area contributed by atoms with E-state index in [0.717, 1.165) is 22.0 Å². The molecule has 1 aromatic heterocycles. The van der Waals surface area contributed by atoms with E-state index < -0.39 is 0 Å². The Morgan fingerprint density at radius 2 is 1.75 bits per heavy atom. The maximum Gasteiger partial charge on any atom is 0.203 e. The highest BCUT2D eigenvalue weighted by molar-refractivity contribution is 7.14. The Bertz CT molecular complexity index is 817. The summed E-state index contributed by atoms with van der Waals surface area (Å²) in [4.78, 5) is 6.64. The van der Waals surface area contributed by atoms with Gasteiger partial charge in [-0.1, -0.05) is 42.0 Å². The maximum absolute atomic E-state index is 4.57. The van der Waals surface area contributed by atoms with Gasteiger partial charge in [0.05, 0.1) is 11.9 Å². The fourth-order valence-electron chi connectivity index (χ4n) is 2.20. The van der Waals surface area contributed by atoms with Crippen LogP contribution in [0, 0.1) is 6.92 Å². The van der Waals surface area contributed by atoms with E-state index in [9.17, 15) is 0 Å². The Morgan fingerprint density at radius 3 is 2.42 bits per heavy atom. The zero-order valence-corrected chi connectivity index (χ0v) is 14.8. The van der Waals surface area contributed by atoms with Crippen molar-refractivity contribution in [2.24, 2.45) is 5.10 Å². The van der Waals surface area contributed by atoms with Gasteiger partial charge in [-0.2, -0.15) is 5.10 Å². The second kappa shape index (κ2) is 7.27. The van der Waals surface area contributed by atoms with Gasteiger partial charge in [0, 0.05) is 30.7 Å². The molecule has 0 aliphatic rings. The molecule has 5 heteroatoms. The highest BCUT2D eigenvalue weighted by Gasteiger charge is 2.03. The number of hydrogen-bond donors (Lipinski definition) is 1. The Balaban J connectivity index is 1.63. The third-order valence-electron chi connectivity index (χ3n) is 3.63. The van der Waals surface area contributed by atoms with Crippen LogP contribution in [0.5, 0.6) is 0 Å². The predicted molar refractivity (Wildman–Crippen MR) is 104 cm³/mol. The molecule has 0 bridgehead atoms. The van der Waals surface area contributed by atoms with Crippen LogP contribution in [0.4, 0.5) is 10.8 Å². The van der Waals surface area contributed by atoms with Crippen molar-refractivity contribution in [2.45, 2.75) is 6.92 Å². The molecule has 0 aliphatic heterocycles. The van der Waals surface area contributed by atoms with Gasteiger partial charge in [0.1, 0.15) is 0 Å². The quantitative estimate of drug-likeness (QED) is 0.545. The Morgan fingerprint density at radius 1 is 1.04 bits per heavy atom. The molecule has 0 unspecified atom stereocenters. The molecule has 4 nitrogen and oxygen atoms in total. The topological polar surface area (TPSA) is 40.5 Å². The van der Waals surface area contributed by atoms with E-state index in [1.54, 1.807) is 17.6 Å². The molecule has 2 aromatic carbocycles. The average Bonchev–Trinajstić information content (AvgIpc) is 3.05. The zero-order chi connectivity index (χ0) is 16.9. The van der Waals surface area contributed by atoms with Crippen molar-refractivity contribution in [1.82, 2.24) is 4.98 Å². The number of aryl methyl sites for hydroxylation is 1. The van der Waals surface area contributed by atoms with Crippen LogP contribution in [0.15, 0.2) is 59.0 Å². The lowest BCUT2D eigenvalue weighted by Crippen LogP contribution is -2.08. The molecule has 122 valence electrons. The minimum absolute atomic E-state index is 0.784. The van der Waals surface area contributed by atoms with Gasteiger partial charge in [0.2, 0.25) is 5.13 Å². The molecule has 0 saturated heterocycles. The van der Waals surface area contributed by atoms with E-state index in [1.165, 1.54) is 11.3 Å². The van der Waals surface area contributed by atoms with Crippen molar-refractivity contribution >= 4 is 28.4 Å². The summed E-state index contributed by atoms with van der Waals surface area (Å²) in [5.41, 5.74) is 8.54. The zero-order valence-electron chi connectivity index (χ0n) is 14.0. The SMILES string of the molecule is Cc1ccc(-c2csc(NN=Cc3ccc(N(C)C)cc3)n2)cc1. The summed E-state index contributed by atoms with van der Waals surface area (Å²) in [6, 6.07) is 16.6. The number of thiazole rings is 1. The highest BCUT2D eigenvalue weighted by Crippen LogP contribution is 2.25. The first-order valence-corrected chi connectivity index (χ1v) is 8.59. The minimum Gasteiger partial charge on any atom is -0.378 e. The summed E-state index contributed by atoms with van der Waals surface area (Å²) in [6.07, 6.45) is 1.80. The van der Waals surface area contributed by atoms with Gasteiger partial charge in [-0.05, 0) is 24.6 Å². The van der Waals surface area contributed by atoms with Crippen LogP contribution in [-0.2, 0) is 0 Å². The number of hydrogen-bond acceptors (Lipinski definition) is 5. The van der Waals surface area contributed by atoms with Crippen LogP contribution in [0.1, 0.15) is 11.1 Å². The molecule has 0 radical (unpaired) electrons. The lowest BCUT2D eigenvalue weighted by atomic mass is 10.1. The number of nitrogens with zero attached hydrogens (tertiary/aromatic N) is 3. The van der Waals surface area contributed by atoms with Crippen molar-refractivity contribution < 1.29 is 0 Å². The average molecular weight is 336 g/mol. The van der Waals surface area contributed by atoms with Crippen LogP contribution < -0.4 is 10.3 Å². The molecule has 0 fully saturated rings. The van der Waals surface area contributed by atoms with Crippen LogP contribution >= 0.6 is 11.3 Å². The van der Waals surface area contributed by atoms with Gasteiger partial charge in [-0.15, -0.1) is 11.3 Å². The van der Waals surface area contributed by atoms with Crippen LogP contribution in [0.25, 0.3) is 11.3 Å². The number of aromatic nitrogens is 1. The lowest BCUT2D eigenvalue weighted by Gasteiger charge is -2.11. The van der Waals surface area contributed by atoms with Crippen molar-refractivity contribution in [3.63, 3.8) is 0 Å². The first-order valence-electron chi connectivity index (χ1n) is 7.71. The molecule has 0 saturated carbocycles. The number of benzene rings is 2. The number of nitrogens with one attached hydrogen (secondary N) is 1. The third kappa shape index (κ3) is 4.00. The number of anilines is 2. The highest BCUT2D eigenvalue weighted by atomic mass is 32.1. The normalized spacial score (nSPS) is 11.0. The van der Waals surface area contributed by atoms with Crippen LogP contribution in [0.2, 0.25) is 0 Å². The minimum atomic E-state index is 0.784. The first kappa shape index (κ1) is 16.2. The van der Waals surface area contributed by atoms with E-state index in [-0.39, 0.29) is 0 Å². The fraction of sp³-hybridized carbons (Fsp3) is 0.158. The molecule has 1 N–H and O–H groups in total. The summed E-state index contributed by atoms with van der Waals surface area (Å²) in [5.74, 6) is 0. The fourth-order valence-corrected chi connectivity index (χ4v) is 2.87. The predicted octanol–water partition coefficient (Wildman–Crippen LogP) is 4.63. The maximum atomic E-state index is 4.57. The molecule has 0 atom stereocenters. The van der Waals surface area contributed by atoms with Gasteiger partial charge in [0.15, 0.2) is 0 Å². The molecule has 3 aromatic rings. The van der Waals surface area contributed by atoms with Crippen molar-refractivity contribution in [1.29, 1.82) is 0 Å². The van der Waals surface area contributed by atoms with Crippen LogP contribution in [0.3, 0.4) is 0 Å². The van der Waals surface area contributed by atoms with Gasteiger partial charge < -0.3 is 4.90 Å². The van der Waals surface area contributed by atoms with E-state index in [0.29, 0.717) is 0 Å². The molecule has 24 heavy (non-hydrogen) atoms. The van der Waals surface area contributed by atoms with Crippen LogP contribution in [-0.4, -0.2) is 25.3 Å². The summed E-state index contributed by atoms with van der Waals surface area (Å²) in [6.45, 7) is 2.08. The van der Waals surface area contributed by atoms with Gasteiger partial charge in [0.25, 0.3) is 0 Å². The van der Waals surface area contributed by atoms with Gasteiger partial charge in [-0.3, -0.25) is 5.43 Å². The smallest absolute Gasteiger partial charge is 0.203 e. The largest absolute Gasteiger partial charge is 0.378 e. The Kier molecular flexibility index (Phi) is 4.91. The van der Waals surface area contributed by atoms with Gasteiger partial charge in [-0.25, -0.2) is 4.98 Å². The standard InChI is InChI=1S/C19H20N4S/c1-14-4-8-16(9-5-14)18-13-24-19(21-18)22-20-12-15-6-10-17(11-7-15)23(2)3/h4-13H,1-3H3,(H,21,22). The molecule has 1 heterocycles. The monoisotopic (exact) mass is 336 g/mol. The Hall–Kier alpha value is -2.66.